The van der Waals surface area contributed by atoms with Crippen molar-refractivity contribution in [3.05, 3.63) is 41.5 Å². The first kappa shape index (κ1) is 15.8. The van der Waals surface area contributed by atoms with E-state index >= 15 is 0 Å². The van der Waals surface area contributed by atoms with Gasteiger partial charge in [0.2, 0.25) is 5.89 Å². The van der Waals surface area contributed by atoms with Gasteiger partial charge in [-0.3, -0.25) is 4.99 Å². The molecule has 1 aromatic heterocycles. The summed E-state index contributed by atoms with van der Waals surface area (Å²) in [6.07, 6.45) is 0. The summed E-state index contributed by atoms with van der Waals surface area (Å²) in [6.45, 7) is 2.90. The molecule has 2 aromatic rings. The van der Waals surface area contributed by atoms with Gasteiger partial charge >= 0.3 is 0 Å². The molecule has 0 amide bonds. The number of aliphatic imine (C=N–C) groups is 1. The summed E-state index contributed by atoms with van der Waals surface area (Å²) in [5, 5.41) is 7.06. The fourth-order valence-corrected chi connectivity index (χ4v) is 2.12. The Hall–Kier alpha value is -2.57. The van der Waals surface area contributed by atoms with Crippen molar-refractivity contribution in [2.45, 2.75) is 20.0 Å². The van der Waals surface area contributed by atoms with Gasteiger partial charge in [0, 0.05) is 33.1 Å². The molecule has 0 aliphatic carbocycles. The highest BCUT2D eigenvalue weighted by atomic mass is 16.5. The van der Waals surface area contributed by atoms with E-state index in [1.54, 1.807) is 21.1 Å². The second kappa shape index (κ2) is 7.44. The highest BCUT2D eigenvalue weighted by Crippen LogP contribution is 2.18. The molecule has 0 saturated carbocycles. The predicted octanol–water partition coefficient (Wildman–Crippen LogP) is 1.59. The molecule has 0 atom stereocenters. The maximum Gasteiger partial charge on any atom is 0.223 e. The Balaban J connectivity index is 1.98. The quantitative estimate of drug-likeness (QED) is 0.668. The molecular formula is C15H21N5O2. The lowest BCUT2D eigenvalue weighted by atomic mass is 10.2. The molecule has 0 bridgehead atoms. The lowest BCUT2D eigenvalue weighted by Gasteiger charge is -2.22. The second-order valence-corrected chi connectivity index (χ2v) is 4.80. The van der Waals surface area contributed by atoms with Crippen LogP contribution in [0.5, 0.6) is 5.75 Å². The smallest absolute Gasteiger partial charge is 0.223 e. The van der Waals surface area contributed by atoms with Gasteiger partial charge in [-0.2, -0.15) is 4.98 Å². The van der Waals surface area contributed by atoms with Crippen molar-refractivity contribution in [2.24, 2.45) is 4.99 Å². The number of hydrogen-bond acceptors (Lipinski definition) is 5. The number of methoxy groups -OCH3 is 1. The number of para-hydroxylation sites is 1. The molecule has 22 heavy (non-hydrogen) atoms. The highest BCUT2D eigenvalue weighted by molar-refractivity contribution is 5.79. The van der Waals surface area contributed by atoms with Gasteiger partial charge in [-0.05, 0) is 6.07 Å². The Morgan fingerprint density at radius 2 is 2.18 bits per heavy atom. The number of aromatic nitrogens is 2. The topological polar surface area (TPSA) is 75.8 Å². The molecule has 7 heteroatoms. The molecule has 0 unspecified atom stereocenters. The van der Waals surface area contributed by atoms with Crippen LogP contribution in [0, 0.1) is 6.92 Å². The monoisotopic (exact) mass is 303 g/mol. The van der Waals surface area contributed by atoms with Crippen LogP contribution in [-0.4, -0.2) is 42.2 Å². The van der Waals surface area contributed by atoms with Crippen LogP contribution in [0.2, 0.25) is 0 Å². The Morgan fingerprint density at radius 3 is 2.82 bits per heavy atom. The molecule has 0 spiro atoms. The van der Waals surface area contributed by atoms with Gasteiger partial charge < -0.3 is 19.5 Å². The summed E-state index contributed by atoms with van der Waals surface area (Å²) in [5.41, 5.74) is 1.09. The molecular weight excluding hydrogens is 282 g/mol. The van der Waals surface area contributed by atoms with Crippen molar-refractivity contribution in [2.75, 3.05) is 21.2 Å². The van der Waals surface area contributed by atoms with E-state index in [0.29, 0.717) is 24.8 Å². The number of guanidine groups is 1. The fourth-order valence-electron chi connectivity index (χ4n) is 2.12. The zero-order chi connectivity index (χ0) is 15.9. The van der Waals surface area contributed by atoms with Gasteiger partial charge in [0.1, 0.15) is 5.75 Å². The summed E-state index contributed by atoms with van der Waals surface area (Å²) in [5.74, 6) is 2.76. The first-order valence-electron chi connectivity index (χ1n) is 6.97. The number of nitrogens with zero attached hydrogens (tertiary/aromatic N) is 4. The van der Waals surface area contributed by atoms with E-state index < -0.39 is 0 Å². The van der Waals surface area contributed by atoms with Crippen LogP contribution < -0.4 is 10.1 Å². The first-order chi connectivity index (χ1) is 10.6. The van der Waals surface area contributed by atoms with Crippen LogP contribution in [-0.2, 0) is 13.1 Å². The molecule has 0 saturated heterocycles. The van der Waals surface area contributed by atoms with Gasteiger partial charge in [0.25, 0.3) is 0 Å². The summed E-state index contributed by atoms with van der Waals surface area (Å²) in [4.78, 5) is 10.4. The summed E-state index contributed by atoms with van der Waals surface area (Å²) in [6, 6.07) is 7.92. The fraction of sp³-hybridized carbons (Fsp3) is 0.400. The van der Waals surface area contributed by atoms with Gasteiger partial charge in [0.05, 0.1) is 13.7 Å². The van der Waals surface area contributed by atoms with Crippen molar-refractivity contribution in [1.29, 1.82) is 0 Å². The molecule has 2 rings (SSSR count). The molecule has 0 aliphatic heterocycles. The van der Waals surface area contributed by atoms with Crippen LogP contribution in [0.15, 0.2) is 33.8 Å². The second-order valence-electron chi connectivity index (χ2n) is 4.80. The zero-order valence-corrected chi connectivity index (χ0v) is 13.3. The number of nitrogens with one attached hydrogen (secondary N) is 1. The summed E-state index contributed by atoms with van der Waals surface area (Å²) in [7, 11) is 5.37. The average Bonchev–Trinajstić information content (AvgIpc) is 2.94. The van der Waals surface area contributed by atoms with Gasteiger partial charge in [0.15, 0.2) is 11.8 Å². The number of ether oxygens (including phenoxy) is 1. The zero-order valence-electron chi connectivity index (χ0n) is 13.3. The molecule has 118 valence electrons. The SMILES string of the molecule is CN=C(NCc1noc(C)n1)N(C)Cc1ccccc1OC. The highest BCUT2D eigenvalue weighted by Gasteiger charge is 2.11. The third kappa shape index (κ3) is 3.97. The third-order valence-corrected chi connectivity index (χ3v) is 3.15. The van der Waals surface area contributed by atoms with E-state index in [2.05, 4.69) is 20.4 Å². The van der Waals surface area contributed by atoms with E-state index in [1.165, 1.54) is 0 Å². The summed E-state index contributed by atoms with van der Waals surface area (Å²) >= 11 is 0. The van der Waals surface area contributed by atoms with E-state index in [9.17, 15) is 0 Å². The van der Waals surface area contributed by atoms with Gasteiger partial charge in [-0.1, -0.05) is 23.4 Å². The van der Waals surface area contributed by atoms with E-state index in [0.717, 1.165) is 17.3 Å². The molecule has 1 aromatic carbocycles. The third-order valence-electron chi connectivity index (χ3n) is 3.15. The Labute approximate surface area is 130 Å². The van der Waals surface area contributed by atoms with Crippen LogP contribution in [0.1, 0.15) is 17.3 Å². The first-order valence-corrected chi connectivity index (χ1v) is 6.97. The van der Waals surface area contributed by atoms with E-state index in [-0.39, 0.29) is 0 Å². The van der Waals surface area contributed by atoms with Crippen LogP contribution >= 0.6 is 0 Å². The number of benzene rings is 1. The minimum atomic E-state index is 0.459. The van der Waals surface area contributed by atoms with Crippen molar-refractivity contribution >= 4 is 5.96 Å². The van der Waals surface area contributed by atoms with E-state index in [4.69, 9.17) is 9.26 Å². The number of aryl methyl sites for hydroxylation is 1. The summed E-state index contributed by atoms with van der Waals surface area (Å²) < 4.78 is 10.3. The minimum Gasteiger partial charge on any atom is -0.496 e. The largest absolute Gasteiger partial charge is 0.496 e. The standard InChI is InChI=1S/C15H21N5O2/c1-11-18-14(19-22-11)9-17-15(16-2)20(3)10-12-7-5-6-8-13(12)21-4/h5-8H,9-10H2,1-4H3,(H,16,17). The lowest BCUT2D eigenvalue weighted by molar-refractivity contribution is 0.385. The molecule has 1 N–H and O–H groups in total. The molecule has 0 fully saturated rings. The van der Waals surface area contributed by atoms with Crippen molar-refractivity contribution < 1.29 is 9.26 Å². The van der Waals surface area contributed by atoms with Crippen molar-refractivity contribution in [3.8, 4) is 5.75 Å². The van der Waals surface area contributed by atoms with Crippen molar-refractivity contribution in [1.82, 2.24) is 20.4 Å². The predicted molar refractivity (Wildman–Crippen MR) is 83.7 cm³/mol. The molecule has 0 aliphatic rings. The van der Waals surface area contributed by atoms with Gasteiger partial charge in [-0.25, -0.2) is 0 Å². The maximum absolute atomic E-state index is 5.37. The Bertz CT molecular complexity index is 638. The Morgan fingerprint density at radius 1 is 1.41 bits per heavy atom. The normalized spacial score (nSPS) is 11.4. The minimum absolute atomic E-state index is 0.459. The molecule has 1 heterocycles. The number of hydrogen-bond donors (Lipinski definition) is 1. The van der Waals surface area contributed by atoms with Crippen LogP contribution in [0.25, 0.3) is 0 Å². The average molecular weight is 303 g/mol. The van der Waals surface area contributed by atoms with Crippen molar-refractivity contribution in [3.63, 3.8) is 0 Å². The van der Waals surface area contributed by atoms with Crippen LogP contribution in [0.3, 0.4) is 0 Å². The molecule has 7 nitrogen and oxygen atoms in total. The maximum atomic E-state index is 5.37. The van der Waals surface area contributed by atoms with Gasteiger partial charge in [-0.15, -0.1) is 0 Å². The van der Waals surface area contributed by atoms with Crippen LogP contribution in [0.4, 0.5) is 0 Å². The lowest BCUT2D eigenvalue weighted by Crippen LogP contribution is -2.38. The molecule has 0 radical (unpaired) electrons. The van der Waals surface area contributed by atoms with E-state index in [1.807, 2.05) is 36.2 Å². The Kier molecular flexibility index (Phi) is 5.35. The number of rotatable bonds is 5.